The number of hydrogen-bond donors (Lipinski definition) is 0. The van der Waals surface area contributed by atoms with Crippen molar-refractivity contribution in [1.29, 1.82) is 0 Å². The summed E-state index contributed by atoms with van der Waals surface area (Å²) >= 11 is 0. The fourth-order valence-electron chi connectivity index (χ4n) is 4.42. The van der Waals surface area contributed by atoms with Crippen molar-refractivity contribution in [2.24, 2.45) is 0 Å². The van der Waals surface area contributed by atoms with Crippen LogP contribution in [-0.4, -0.2) is 71.6 Å². The Balaban J connectivity index is 1.50. The van der Waals surface area contributed by atoms with E-state index >= 15 is 0 Å². The van der Waals surface area contributed by atoms with Crippen LogP contribution in [0.25, 0.3) is 5.69 Å². The number of morpholine rings is 1. The Kier molecular flexibility index (Phi) is 5.76. The van der Waals surface area contributed by atoms with Crippen LogP contribution in [-0.2, 0) is 11.3 Å². The third-order valence-corrected chi connectivity index (χ3v) is 5.76. The lowest BCUT2D eigenvalue weighted by molar-refractivity contribution is -0.0840. The molecule has 3 heterocycles. The number of aromatic nitrogens is 2. The number of rotatable bonds is 6. The zero-order chi connectivity index (χ0) is 18.6. The lowest BCUT2D eigenvalue weighted by atomic mass is 10.0. The summed E-state index contributed by atoms with van der Waals surface area (Å²) in [6, 6.07) is 9.29. The average molecular weight is 370 g/mol. The summed E-state index contributed by atoms with van der Waals surface area (Å²) in [5.41, 5.74) is 2.36. The Hall–Kier alpha value is -1.89. The second kappa shape index (κ2) is 8.42. The van der Waals surface area contributed by atoms with E-state index < -0.39 is 0 Å². The highest BCUT2D eigenvalue weighted by molar-refractivity contribution is 5.45. The second-order valence-corrected chi connectivity index (χ2v) is 7.55. The highest BCUT2D eigenvalue weighted by Gasteiger charge is 2.35. The molecule has 0 unspecified atom stereocenters. The normalized spacial score (nSPS) is 23.9. The van der Waals surface area contributed by atoms with Gasteiger partial charge in [-0.05, 0) is 36.2 Å². The topological polar surface area (TPSA) is 42.8 Å². The number of ether oxygens (including phenoxy) is 2. The minimum absolute atomic E-state index is 0.503. The third-order valence-electron chi connectivity index (χ3n) is 5.76. The first-order valence-corrected chi connectivity index (χ1v) is 10.0. The summed E-state index contributed by atoms with van der Waals surface area (Å²) in [6.45, 7) is 8.17. The first-order valence-electron chi connectivity index (χ1n) is 10.0. The molecule has 2 atom stereocenters. The van der Waals surface area contributed by atoms with Gasteiger partial charge in [0.15, 0.2) is 0 Å². The van der Waals surface area contributed by atoms with Crippen LogP contribution in [0, 0.1) is 0 Å². The summed E-state index contributed by atoms with van der Waals surface area (Å²) in [7, 11) is 1.72. The van der Waals surface area contributed by atoms with Gasteiger partial charge in [0.1, 0.15) is 5.75 Å². The molecule has 4 rings (SSSR count). The average Bonchev–Trinajstić information content (AvgIpc) is 3.23. The van der Waals surface area contributed by atoms with E-state index in [-0.39, 0.29) is 0 Å². The van der Waals surface area contributed by atoms with E-state index in [1.165, 1.54) is 18.4 Å². The van der Waals surface area contributed by atoms with Gasteiger partial charge in [0.05, 0.1) is 26.0 Å². The molecule has 0 N–H and O–H groups in total. The van der Waals surface area contributed by atoms with E-state index in [9.17, 15) is 0 Å². The zero-order valence-electron chi connectivity index (χ0n) is 16.4. The van der Waals surface area contributed by atoms with E-state index in [1.807, 2.05) is 29.2 Å². The van der Waals surface area contributed by atoms with Gasteiger partial charge in [-0.2, -0.15) is 5.10 Å². The highest BCUT2D eigenvalue weighted by Crippen LogP contribution is 2.26. The van der Waals surface area contributed by atoms with Crippen molar-refractivity contribution < 1.29 is 9.47 Å². The van der Waals surface area contributed by atoms with Gasteiger partial charge >= 0.3 is 0 Å². The van der Waals surface area contributed by atoms with E-state index in [1.54, 1.807) is 7.11 Å². The predicted octanol–water partition coefficient (Wildman–Crippen LogP) is 2.57. The first kappa shape index (κ1) is 18.5. The van der Waals surface area contributed by atoms with Gasteiger partial charge in [-0.3, -0.25) is 9.80 Å². The molecular formula is C21H30N4O2. The fraction of sp³-hybridized carbons (Fsp3) is 0.571. The second-order valence-electron chi connectivity index (χ2n) is 7.55. The van der Waals surface area contributed by atoms with E-state index in [4.69, 9.17) is 9.47 Å². The van der Waals surface area contributed by atoms with Gasteiger partial charge in [-0.25, -0.2) is 4.68 Å². The molecule has 1 aromatic heterocycles. The molecule has 0 aliphatic carbocycles. The number of piperazine rings is 1. The minimum atomic E-state index is 0.503. The van der Waals surface area contributed by atoms with Gasteiger partial charge in [-0.1, -0.05) is 13.3 Å². The molecule has 0 radical (unpaired) electrons. The van der Waals surface area contributed by atoms with Gasteiger partial charge in [0, 0.05) is 50.7 Å². The van der Waals surface area contributed by atoms with Gasteiger partial charge in [0.2, 0.25) is 0 Å². The Morgan fingerprint density at radius 2 is 2.19 bits per heavy atom. The molecule has 0 saturated carbocycles. The molecular weight excluding hydrogens is 340 g/mol. The number of benzene rings is 1. The maximum Gasteiger partial charge on any atom is 0.119 e. The largest absolute Gasteiger partial charge is 0.497 e. The molecule has 2 aliphatic rings. The van der Waals surface area contributed by atoms with Crippen LogP contribution in [0.2, 0.25) is 0 Å². The van der Waals surface area contributed by atoms with Crippen LogP contribution in [0.4, 0.5) is 0 Å². The standard InChI is InChI=1S/C21H30N4O2/c1-3-5-18-15-27-16-19-14-23(10-11-24(18)19)13-17-12-20(26-2)6-7-21(17)25-9-4-8-22-25/h4,6-9,12,18-19H,3,5,10-11,13-16H2,1-2H3/t18-,19+/m0/s1. The number of hydrogen-bond acceptors (Lipinski definition) is 5. The lowest BCUT2D eigenvalue weighted by Gasteiger charge is -2.48. The Morgan fingerprint density at radius 1 is 1.26 bits per heavy atom. The number of methoxy groups -OCH3 is 1. The molecule has 1 aromatic carbocycles. The summed E-state index contributed by atoms with van der Waals surface area (Å²) in [6.07, 6.45) is 6.27. The van der Waals surface area contributed by atoms with Crippen molar-refractivity contribution in [2.45, 2.75) is 38.4 Å². The molecule has 0 bridgehead atoms. The Bertz CT molecular complexity index is 732. The summed E-state index contributed by atoms with van der Waals surface area (Å²) in [5, 5.41) is 4.42. The van der Waals surface area contributed by atoms with Gasteiger partial charge < -0.3 is 9.47 Å². The van der Waals surface area contributed by atoms with Crippen molar-refractivity contribution in [3.8, 4) is 11.4 Å². The molecule has 0 amide bonds. The Morgan fingerprint density at radius 3 is 2.96 bits per heavy atom. The molecule has 6 nitrogen and oxygen atoms in total. The van der Waals surface area contributed by atoms with E-state index in [0.717, 1.165) is 50.8 Å². The van der Waals surface area contributed by atoms with Crippen molar-refractivity contribution >= 4 is 0 Å². The molecule has 2 fully saturated rings. The fourth-order valence-corrected chi connectivity index (χ4v) is 4.42. The number of nitrogens with zero attached hydrogens (tertiary/aromatic N) is 4. The smallest absolute Gasteiger partial charge is 0.119 e. The van der Waals surface area contributed by atoms with Crippen molar-refractivity contribution in [1.82, 2.24) is 19.6 Å². The van der Waals surface area contributed by atoms with Crippen molar-refractivity contribution in [3.05, 3.63) is 42.2 Å². The maximum absolute atomic E-state index is 5.92. The predicted molar refractivity (Wildman–Crippen MR) is 105 cm³/mol. The van der Waals surface area contributed by atoms with Gasteiger partial charge in [0.25, 0.3) is 0 Å². The third kappa shape index (κ3) is 4.03. The van der Waals surface area contributed by atoms with Crippen LogP contribution < -0.4 is 4.74 Å². The highest BCUT2D eigenvalue weighted by atomic mass is 16.5. The zero-order valence-corrected chi connectivity index (χ0v) is 16.4. The molecule has 2 saturated heterocycles. The van der Waals surface area contributed by atoms with E-state index in [0.29, 0.717) is 12.1 Å². The molecule has 6 heteroatoms. The van der Waals surface area contributed by atoms with Crippen LogP contribution in [0.5, 0.6) is 5.75 Å². The maximum atomic E-state index is 5.92. The SMILES string of the molecule is CCC[C@H]1COC[C@H]2CN(Cc3cc(OC)ccc3-n3cccn3)CCN12. The van der Waals surface area contributed by atoms with Crippen molar-refractivity contribution in [2.75, 3.05) is 40.0 Å². The van der Waals surface area contributed by atoms with Gasteiger partial charge in [-0.15, -0.1) is 0 Å². The summed E-state index contributed by atoms with van der Waals surface area (Å²) < 4.78 is 13.3. The van der Waals surface area contributed by atoms with E-state index in [2.05, 4.69) is 34.0 Å². The van der Waals surface area contributed by atoms with Crippen molar-refractivity contribution in [3.63, 3.8) is 0 Å². The molecule has 0 spiro atoms. The van der Waals surface area contributed by atoms with Crippen LogP contribution in [0.3, 0.4) is 0 Å². The molecule has 27 heavy (non-hydrogen) atoms. The monoisotopic (exact) mass is 370 g/mol. The molecule has 2 aliphatic heterocycles. The molecule has 146 valence electrons. The van der Waals surface area contributed by atoms with Crippen LogP contribution >= 0.6 is 0 Å². The lowest BCUT2D eigenvalue weighted by Crippen LogP contribution is -2.61. The quantitative estimate of drug-likeness (QED) is 0.782. The minimum Gasteiger partial charge on any atom is -0.497 e. The molecule has 2 aromatic rings. The summed E-state index contributed by atoms with van der Waals surface area (Å²) in [5.74, 6) is 0.892. The van der Waals surface area contributed by atoms with Crippen LogP contribution in [0.1, 0.15) is 25.3 Å². The van der Waals surface area contributed by atoms with Crippen LogP contribution in [0.15, 0.2) is 36.7 Å². The summed E-state index contributed by atoms with van der Waals surface area (Å²) in [4.78, 5) is 5.23. The first-order chi connectivity index (χ1) is 13.3. The number of fused-ring (bicyclic) bond motifs is 1. The Labute approximate surface area is 161 Å².